The molecule has 0 saturated carbocycles. The van der Waals surface area contributed by atoms with Gasteiger partial charge in [-0.25, -0.2) is 5.43 Å². The molecule has 24 heavy (non-hydrogen) atoms. The molecule has 118 valence electrons. The summed E-state index contributed by atoms with van der Waals surface area (Å²) in [6.07, 6.45) is 8.54. The fraction of sp³-hybridized carbons (Fsp3) is 0.111. The van der Waals surface area contributed by atoms with Crippen LogP contribution in [-0.4, -0.2) is 26.8 Å². The van der Waals surface area contributed by atoms with Crippen LogP contribution in [0.1, 0.15) is 18.4 Å². The fourth-order valence-electron chi connectivity index (χ4n) is 2.66. The van der Waals surface area contributed by atoms with Crippen molar-refractivity contribution in [2.24, 2.45) is 5.10 Å². The van der Waals surface area contributed by atoms with Crippen LogP contribution in [0.15, 0.2) is 53.9 Å². The number of H-pyrrole nitrogens is 1. The molecule has 0 unspecified atom stereocenters. The summed E-state index contributed by atoms with van der Waals surface area (Å²) < 4.78 is 0. The molecule has 0 aliphatic carbocycles. The van der Waals surface area contributed by atoms with Crippen molar-refractivity contribution in [1.82, 2.24) is 20.6 Å². The second kappa shape index (κ2) is 6.08. The van der Waals surface area contributed by atoms with Crippen LogP contribution >= 0.6 is 0 Å². The number of carbonyl (C=O) groups excluding carboxylic acids is 1. The van der Waals surface area contributed by atoms with Gasteiger partial charge in [0.05, 0.1) is 18.1 Å². The molecule has 1 aliphatic rings. The van der Waals surface area contributed by atoms with Crippen LogP contribution in [-0.2, 0) is 4.79 Å². The molecule has 1 aromatic carbocycles. The molecule has 4 rings (SSSR count). The number of aromatic amines is 1. The third-order valence-electron chi connectivity index (χ3n) is 3.94. The summed E-state index contributed by atoms with van der Waals surface area (Å²) in [6.45, 7) is 0. The van der Waals surface area contributed by atoms with Crippen molar-refractivity contribution in [3.63, 3.8) is 0 Å². The van der Waals surface area contributed by atoms with Crippen LogP contribution in [0.5, 0.6) is 0 Å². The highest BCUT2D eigenvalue weighted by atomic mass is 16.2. The molecular weight excluding hydrogens is 302 g/mol. The number of allylic oxidation sites excluding steroid dienone is 1. The molecule has 2 N–H and O–H groups in total. The number of nitrogens with one attached hydrogen (secondary N) is 2. The molecule has 0 atom stereocenters. The van der Waals surface area contributed by atoms with E-state index in [-0.39, 0.29) is 5.91 Å². The minimum atomic E-state index is -0.0287. The van der Waals surface area contributed by atoms with E-state index in [0.29, 0.717) is 12.8 Å². The Bertz CT molecular complexity index is 956. The zero-order chi connectivity index (χ0) is 16.4. The number of nitrogens with zero attached hydrogens (tertiary/aromatic N) is 3. The molecule has 6 nitrogen and oxygen atoms in total. The Hall–Kier alpha value is -3.28. The zero-order valence-electron chi connectivity index (χ0n) is 12.9. The highest BCUT2D eigenvalue weighted by molar-refractivity contribution is 6.02. The first kappa shape index (κ1) is 14.3. The van der Waals surface area contributed by atoms with E-state index in [0.717, 1.165) is 33.4 Å². The molecule has 1 aliphatic heterocycles. The second-order valence-electron chi connectivity index (χ2n) is 5.63. The lowest BCUT2D eigenvalue weighted by atomic mass is 10.1. The summed E-state index contributed by atoms with van der Waals surface area (Å²) >= 11 is 0. The summed E-state index contributed by atoms with van der Waals surface area (Å²) in [6, 6.07) is 10.2. The van der Waals surface area contributed by atoms with Gasteiger partial charge < -0.3 is 4.98 Å². The van der Waals surface area contributed by atoms with Crippen LogP contribution in [0.2, 0.25) is 0 Å². The summed E-state index contributed by atoms with van der Waals surface area (Å²) in [5.41, 5.74) is 7.56. The number of hydrazone groups is 1. The Morgan fingerprint density at radius 2 is 2.00 bits per heavy atom. The molecule has 2 aromatic heterocycles. The molecule has 0 radical (unpaired) electrons. The molecule has 0 saturated heterocycles. The number of aromatic nitrogens is 3. The van der Waals surface area contributed by atoms with Crippen molar-refractivity contribution in [3.8, 4) is 11.3 Å². The van der Waals surface area contributed by atoms with E-state index in [9.17, 15) is 4.79 Å². The average Bonchev–Trinajstić information content (AvgIpc) is 3.05. The maximum Gasteiger partial charge on any atom is 0.240 e. The molecule has 3 heterocycles. The monoisotopic (exact) mass is 317 g/mol. The predicted octanol–water partition coefficient (Wildman–Crippen LogP) is 2.90. The average molecular weight is 317 g/mol. The van der Waals surface area contributed by atoms with E-state index in [2.05, 4.69) is 43.9 Å². The highest BCUT2D eigenvalue weighted by Crippen LogP contribution is 2.24. The molecule has 3 aromatic rings. The van der Waals surface area contributed by atoms with Crippen molar-refractivity contribution in [3.05, 3.63) is 54.4 Å². The number of amides is 1. The quantitative estimate of drug-likeness (QED) is 0.779. The lowest BCUT2D eigenvalue weighted by Crippen LogP contribution is -2.24. The number of carbonyl (C=O) groups is 1. The van der Waals surface area contributed by atoms with Gasteiger partial charge in [0.15, 0.2) is 0 Å². The van der Waals surface area contributed by atoms with Crippen molar-refractivity contribution >= 4 is 28.6 Å². The Labute approximate surface area is 138 Å². The van der Waals surface area contributed by atoms with Crippen molar-refractivity contribution in [2.45, 2.75) is 12.8 Å². The first-order chi connectivity index (χ1) is 11.8. The van der Waals surface area contributed by atoms with Gasteiger partial charge in [-0.1, -0.05) is 12.1 Å². The third-order valence-corrected chi connectivity index (χ3v) is 3.94. The third kappa shape index (κ3) is 2.94. The van der Waals surface area contributed by atoms with Gasteiger partial charge in [0.25, 0.3) is 0 Å². The van der Waals surface area contributed by atoms with Crippen LogP contribution in [0.4, 0.5) is 0 Å². The van der Waals surface area contributed by atoms with Crippen molar-refractivity contribution in [2.75, 3.05) is 0 Å². The van der Waals surface area contributed by atoms with Crippen LogP contribution in [0, 0.1) is 0 Å². The largest absolute Gasteiger partial charge is 0.354 e. The lowest BCUT2D eigenvalue weighted by molar-refractivity contribution is -0.121. The van der Waals surface area contributed by atoms with E-state index in [1.54, 1.807) is 12.4 Å². The Morgan fingerprint density at radius 3 is 2.79 bits per heavy atom. The predicted molar refractivity (Wildman–Crippen MR) is 93.2 cm³/mol. The van der Waals surface area contributed by atoms with Gasteiger partial charge in [-0.3, -0.25) is 4.79 Å². The number of hydrogen-bond donors (Lipinski definition) is 2. The summed E-state index contributed by atoms with van der Waals surface area (Å²) in [5, 5.41) is 12.9. The fourth-order valence-corrected chi connectivity index (χ4v) is 2.66. The van der Waals surface area contributed by atoms with Gasteiger partial charge in [0.2, 0.25) is 5.91 Å². The Kier molecular flexibility index (Phi) is 3.63. The number of rotatable bonds is 3. The maximum atomic E-state index is 11.1. The summed E-state index contributed by atoms with van der Waals surface area (Å²) in [7, 11) is 0. The first-order valence-corrected chi connectivity index (χ1v) is 7.71. The molecule has 6 heteroatoms. The smallest absolute Gasteiger partial charge is 0.240 e. The minimum absolute atomic E-state index is 0.0287. The Balaban J connectivity index is 1.60. The SMILES string of the molecule is O=C1CCC(/C=C/c2ccc3[nH]c(-c4ccnnc4)cc3c2)=NN1. The molecule has 0 bridgehead atoms. The molecular formula is C18H15N5O. The van der Waals surface area contributed by atoms with E-state index in [4.69, 9.17) is 0 Å². The van der Waals surface area contributed by atoms with Crippen molar-refractivity contribution in [1.29, 1.82) is 0 Å². The molecule has 0 fully saturated rings. The lowest BCUT2D eigenvalue weighted by Gasteiger charge is -2.07. The standard InChI is InChI=1S/C18H15N5O/c24-18-6-4-15(22-23-18)3-1-12-2-5-16-14(9-12)10-17(21-16)13-7-8-19-20-11-13/h1-3,5,7-11,21H,4,6H2,(H,23,24)/b3-1+. The highest BCUT2D eigenvalue weighted by Gasteiger charge is 2.08. The summed E-state index contributed by atoms with van der Waals surface area (Å²) in [4.78, 5) is 14.5. The van der Waals surface area contributed by atoms with Gasteiger partial charge in [0, 0.05) is 35.0 Å². The maximum absolute atomic E-state index is 11.1. The second-order valence-corrected chi connectivity index (χ2v) is 5.63. The van der Waals surface area contributed by atoms with Gasteiger partial charge in [-0.15, -0.1) is 0 Å². The minimum Gasteiger partial charge on any atom is -0.354 e. The zero-order valence-corrected chi connectivity index (χ0v) is 12.9. The van der Waals surface area contributed by atoms with Crippen LogP contribution in [0.25, 0.3) is 28.2 Å². The topological polar surface area (TPSA) is 83.0 Å². The van der Waals surface area contributed by atoms with Crippen LogP contribution in [0.3, 0.4) is 0 Å². The van der Waals surface area contributed by atoms with E-state index in [1.165, 1.54) is 0 Å². The van der Waals surface area contributed by atoms with Gasteiger partial charge in [-0.2, -0.15) is 15.3 Å². The first-order valence-electron chi connectivity index (χ1n) is 7.71. The molecule has 0 spiro atoms. The molecule has 1 amide bonds. The van der Waals surface area contributed by atoms with Gasteiger partial charge >= 0.3 is 0 Å². The van der Waals surface area contributed by atoms with E-state index < -0.39 is 0 Å². The van der Waals surface area contributed by atoms with E-state index in [1.807, 2.05) is 24.3 Å². The number of hydrogen-bond acceptors (Lipinski definition) is 4. The summed E-state index contributed by atoms with van der Waals surface area (Å²) in [5.74, 6) is -0.0287. The van der Waals surface area contributed by atoms with Gasteiger partial charge in [0.1, 0.15) is 0 Å². The number of fused-ring (bicyclic) bond motifs is 1. The Morgan fingerprint density at radius 1 is 1.04 bits per heavy atom. The van der Waals surface area contributed by atoms with Crippen LogP contribution < -0.4 is 5.43 Å². The normalized spacial score (nSPS) is 14.8. The van der Waals surface area contributed by atoms with Gasteiger partial charge in [-0.05, 0) is 35.9 Å². The van der Waals surface area contributed by atoms with Crippen molar-refractivity contribution < 1.29 is 4.79 Å². The van der Waals surface area contributed by atoms with E-state index >= 15 is 0 Å². The number of benzene rings is 1.